The Balaban J connectivity index is 1.61. The van der Waals surface area contributed by atoms with Gasteiger partial charge in [-0.15, -0.1) is 0 Å². The largest absolute Gasteiger partial charge is 0.381 e. The lowest BCUT2D eigenvalue weighted by Crippen LogP contribution is -2.46. The van der Waals surface area contributed by atoms with Crippen LogP contribution in [-0.2, 0) is 21.3 Å². The summed E-state index contributed by atoms with van der Waals surface area (Å²) in [7, 11) is -0.963. The maximum Gasteiger partial charge on any atom is 0.315 e. The highest BCUT2D eigenvalue weighted by Gasteiger charge is 2.21. The minimum atomic E-state index is -0.963. The fraction of sp³-hybridized carbons (Fsp3) is 0.588. The van der Waals surface area contributed by atoms with E-state index in [1.807, 2.05) is 37.3 Å². The van der Waals surface area contributed by atoms with Crippen LogP contribution in [0, 0.1) is 5.92 Å². The number of rotatable bonds is 7. The lowest BCUT2D eigenvalue weighted by Gasteiger charge is -2.28. The zero-order chi connectivity index (χ0) is 16.5. The van der Waals surface area contributed by atoms with Gasteiger partial charge in [0.1, 0.15) is 0 Å². The van der Waals surface area contributed by atoms with Gasteiger partial charge in [-0.1, -0.05) is 30.3 Å². The van der Waals surface area contributed by atoms with Gasteiger partial charge in [-0.2, -0.15) is 0 Å². The number of nitrogens with one attached hydrogen (secondary N) is 2. The van der Waals surface area contributed by atoms with Gasteiger partial charge in [-0.05, 0) is 31.2 Å². The summed E-state index contributed by atoms with van der Waals surface area (Å²) in [6.07, 6.45) is 1.98. The van der Waals surface area contributed by atoms with Crippen LogP contribution in [0.15, 0.2) is 30.3 Å². The van der Waals surface area contributed by atoms with Crippen LogP contribution in [0.25, 0.3) is 0 Å². The van der Waals surface area contributed by atoms with Crippen molar-refractivity contribution in [2.75, 3.05) is 25.5 Å². The third kappa shape index (κ3) is 6.71. The first-order valence-electron chi connectivity index (χ1n) is 8.16. The smallest absolute Gasteiger partial charge is 0.315 e. The summed E-state index contributed by atoms with van der Waals surface area (Å²) in [6.45, 7) is 4.00. The van der Waals surface area contributed by atoms with E-state index in [4.69, 9.17) is 4.74 Å². The Bertz CT molecular complexity index is 504. The van der Waals surface area contributed by atoms with Crippen molar-refractivity contribution in [3.63, 3.8) is 0 Å². The number of hydrogen-bond acceptors (Lipinski definition) is 3. The second-order valence-corrected chi connectivity index (χ2v) is 7.49. The molecular weight excluding hydrogens is 312 g/mol. The maximum atomic E-state index is 12.0. The van der Waals surface area contributed by atoms with E-state index >= 15 is 0 Å². The predicted molar refractivity (Wildman–Crippen MR) is 92.7 cm³/mol. The third-order valence-corrected chi connectivity index (χ3v) is 5.43. The number of carbonyl (C=O) groups excluding carboxylic acids is 1. The molecule has 128 valence electrons. The highest BCUT2D eigenvalue weighted by Crippen LogP contribution is 2.18. The second kappa shape index (κ2) is 9.67. The molecule has 0 aliphatic carbocycles. The molecular formula is C17H26N2O3S. The molecule has 0 aromatic heterocycles. The first-order chi connectivity index (χ1) is 11.1. The summed E-state index contributed by atoms with van der Waals surface area (Å²) in [5.41, 5.74) is 1.06. The molecule has 5 nitrogen and oxygen atoms in total. The topological polar surface area (TPSA) is 67.4 Å². The minimum absolute atomic E-state index is 0.133. The van der Waals surface area contributed by atoms with Crippen molar-refractivity contribution in [3.05, 3.63) is 35.9 Å². The van der Waals surface area contributed by atoms with E-state index in [-0.39, 0.29) is 12.1 Å². The van der Waals surface area contributed by atoms with Gasteiger partial charge in [0.15, 0.2) is 0 Å². The van der Waals surface area contributed by atoms with Gasteiger partial charge in [0.2, 0.25) is 0 Å². The molecule has 2 rings (SSSR count). The Morgan fingerprint density at radius 2 is 2.00 bits per heavy atom. The summed E-state index contributed by atoms with van der Waals surface area (Å²) < 4.78 is 17.3. The van der Waals surface area contributed by atoms with Gasteiger partial charge in [0.25, 0.3) is 0 Å². The number of carbonyl (C=O) groups is 1. The predicted octanol–water partition coefficient (Wildman–Crippen LogP) is 2.05. The maximum absolute atomic E-state index is 12.0. The zero-order valence-electron chi connectivity index (χ0n) is 13.6. The average molecular weight is 338 g/mol. The standard InChI is InChI=1S/C17H26N2O3S/c1-14(16-7-10-22-11-8-16)19-17(20)18-9-12-23(21)13-15-5-3-2-4-6-15/h2-6,14,16H,7-13H2,1H3,(H2,18,19,20)/t14-,23+/m1/s1. The molecule has 0 radical (unpaired) electrons. The Labute approximate surface area is 140 Å². The van der Waals surface area contributed by atoms with Crippen LogP contribution in [0.3, 0.4) is 0 Å². The van der Waals surface area contributed by atoms with Crippen LogP contribution in [0.2, 0.25) is 0 Å². The summed E-state index contributed by atoms with van der Waals surface area (Å²) in [5.74, 6) is 1.47. The Hall–Kier alpha value is -1.40. The van der Waals surface area contributed by atoms with Crippen molar-refractivity contribution in [3.8, 4) is 0 Å². The lowest BCUT2D eigenvalue weighted by atomic mass is 9.93. The Kier molecular flexibility index (Phi) is 7.55. The number of hydrogen-bond donors (Lipinski definition) is 2. The molecule has 0 unspecified atom stereocenters. The summed E-state index contributed by atoms with van der Waals surface area (Å²) in [5, 5.41) is 5.76. The van der Waals surface area contributed by atoms with Crippen molar-refractivity contribution < 1.29 is 13.7 Å². The Morgan fingerprint density at radius 1 is 1.30 bits per heavy atom. The summed E-state index contributed by atoms with van der Waals surface area (Å²) in [4.78, 5) is 11.9. The van der Waals surface area contributed by atoms with Crippen molar-refractivity contribution in [1.82, 2.24) is 10.6 Å². The Morgan fingerprint density at radius 3 is 2.70 bits per heavy atom. The number of benzene rings is 1. The molecule has 1 saturated heterocycles. The van der Waals surface area contributed by atoms with Gasteiger partial charge in [-0.25, -0.2) is 4.79 Å². The van der Waals surface area contributed by atoms with Gasteiger partial charge in [0, 0.05) is 48.1 Å². The number of ether oxygens (including phenoxy) is 1. The van der Waals surface area contributed by atoms with Gasteiger partial charge >= 0.3 is 6.03 Å². The molecule has 0 saturated carbocycles. The van der Waals surface area contributed by atoms with E-state index in [2.05, 4.69) is 10.6 Å². The molecule has 23 heavy (non-hydrogen) atoms. The molecule has 2 amide bonds. The van der Waals surface area contributed by atoms with Gasteiger partial charge in [-0.3, -0.25) is 4.21 Å². The van der Waals surface area contributed by atoms with Crippen molar-refractivity contribution >= 4 is 16.8 Å². The van der Waals surface area contributed by atoms with E-state index < -0.39 is 10.8 Å². The van der Waals surface area contributed by atoms with E-state index in [1.165, 1.54) is 0 Å². The molecule has 1 fully saturated rings. The molecule has 1 aliphatic rings. The van der Waals surface area contributed by atoms with Crippen LogP contribution in [-0.4, -0.2) is 41.8 Å². The van der Waals surface area contributed by atoms with Crippen molar-refractivity contribution in [2.45, 2.75) is 31.6 Å². The zero-order valence-corrected chi connectivity index (χ0v) is 14.4. The van der Waals surface area contributed by atoms with Crippen LogP contribution >= 0.6 is 0 Å². The van der Waals surface area contributed by atoms with Crippen LogP contribution < -0.4 is 10.6 Å². The van der Waals surface area contributed by atoms with Crippen molar-refractivity contribution in [1.29, 1.82) is 0 Å². The minimum Gasteiger partial charge on any atom is -0.381 e. The highest BCUT2D eigenvalue weighted by molar-refractivity contribution is 7.84. The van der Waals surface area contributed by atoms with E-state index in [0.29, 0.717) is 24.0 Å². The quantitative estimate of drug-likeness (QED) is 0.799. The van der Waals surface area contributed by atoms with E-state index in [9.17, 15) is 9.00 Å². The molecule has 1 aliphatic heterocycles. The molecule has 2 atom stereocenters. The summed E-state index contributed by atoms with van der Waals surface area (Å²) >= 11 is 0. The van der Waals surface area contributed by atoms with Crippen LogP contribution in [0.4, 0.5) is 4.79 Å². The first-order valence-corrected chi connectivity index (χ1v) is 9.65. The fourth-order valence-electron chi connectivity index (χ4n) is 2.70. The first kappa shape index (κ1) is 17.9. The average Bonchev–Trinajstić information content (AvgIpc) is 2.56. The number of urea groups is 1. The SMILES string of the molecule is C[C@@H](NC(=O)NCC[S@](=O)Cc1ccccc1)C1CCOCC1. The molecule has 1 heterocycles. The van der Waals surface area contributed by atoms with Crippen LogP contribution in [0.1, 0.15) is 25.3 Å². The number of amides is 2. The van der Waals surface area contributed by atoms with E-state index in [1.54, 1.807) is 0 Å². The molecule has 1 aromatic rings. The molecule has 0 bridgehead atoms. The fourth-order valence-corrected chi connectivity index (χ4v) is 3.74. The third-order valence-electron chi connectivity index (χ3n) is 4.12. The molecule has 0 spiro atoms. The molecule has 2 N–H and O–H groups in total. The second-order valence-electron chi connectivity index (χ2n) is 5.91. The highest BCUT2D eigenvalue weighted by atomic mass is 32.2. The van der Waals surface area contributed by atoms with Gasteiger partial charge < -0.3 is 15.4 Å². The summed E-state index contributed by atoms with van der Waals surface area (Å²) in [6, 6.07) is 9.71. The van der Waals surface area contributed by atoms with Crippen LogP contribution in [0.5, 0.6) is 0 Å². The van der Waals surface area contributed by atoms with E-state index in [0.717, 1.165) is 31.6 Å². The van der Waals surface area contributed by atoms with Gasteiger partial charge in [0.05, 0.1) is 0 Å². The molecule has 1 aromatic carbocycles. The normalized spacial score (nSPS) is 18.1. The monoisotopic (exact) mass is 338 g/mol. The lowest BCUT2D eigenvalue weighted by molar-refractivity contribution is 0.0571. The molecule has 6 heteroatoms. The van der Waals surface area contributed by atoms with Crippen molar-refractivity contribution in [2.24, 2.45) is 5.92 Å².